The lowest BCUT2D eigenvalue weighted by Crippen LogP contribution is -2.50. The number of rotatable bonds is 5. The average Bonchev–Trinajstić information content (AvgIpc) is 2.59. The molecule has 0 spiro atoms. The number of halogens is 2. The van der Waals surface area contributed by atoms with Crippen LogP contribution in [0.5, 0.6) is 0 Å². The first-order valence-electron chi connectivity index (χ1n) is 8.03. The molecule has 3 nitrogen and oxygen atoms in total. The fourth-order valence-electron chi connectivity index (χ4n) is 2.77. The van der Waals surface area contributed by atoms with Crippen molar-refractivity contribution in [2.75, 3.05) is 26.2 Å². The molecule has 24 heavy (non-hydrogen) atoms. The predicted octanol–water partition coefficient (Wildman–Crippen LogP) is 3.77. The van der Waals surface area contributed by atoms with Gasteiger partial charge in [-0.3, -0.25) is 4.90 Å². The SMILES string of the molecule is C=C(NN1CCN(Cc2ccc(Cl)cc2)CC1)c1ccc(F)cc1. The van der Waals surface area contributed by atoms with Gasteiger partial charge in [0.1, 0.15) is 5.82 Å². The molecule has 1 fully saturated rings. The zero-order chi connectivity index (χ0) is 16.9. The van der Waals surface area contributed by atoms with E-state index < -0.39 is 0 Å². The topological polar surface area (TPSA) is 18.5 Å². The summed E-state index contributed by atoms with van der Waals surface area (Å²) in [5.41, 5.74) is 6.29. The molecular formula is C19H21ClFN3. The van der Waals surface area contributed by atoms with Crippen molar-refractivity contribution in [2.24, 2.45) is 0 Å². The van der Waals surface area contributed by atoms with E-state index in [1.807, 2.05) is 12.1 Å². The van der Waals surface area contributed by atoms with Gasteiger partial charge in [0.2, 0.25) is 0 Å². The first-order chi connectivity index (χ1) is 11.6. The van der Waals surface area contributed by atoms with Gasteiger partial charge in [0.05, 0.1) is 0 Å². The van der Waals surface area contributed by atoms with E-state index in [4.69, 9.17) is 11.6 Å². The van der Waals surface area contributed by atoms with Gasteiger partial charge in [-0.1, -0.05) is 30.3 Å². The Labute approximate surface area is 147 Å². The fraction of sp³-hybridized carbons (Fsp3) is 0.263. The standard InChI is InChI=1S/C19H21ClFN3/c1-15(17-4-8-19(21)9-5-17)22-24-12-10-23(11-13-24)14-16-2-6-18(20)7-3-16/h2-9,22H,1,10-14H2. The van der Waals surface area contributed by atoms with Gasteiger partial charge in [-0.25, -0.2) is 9.40 Å². The summed E-state index contributed by atoms with van der Waals surface area (Å²) in [7, 11) is 0. The van der Waals surface area contributed by atoms with E-state index in [-0.39, 0.29) is 5.82 Å². The van der Waals surface area contributed by atoms with Crippen LogP contribution in [0.3, 0.4) is 0 Å². The van der Waals surface area contributed by atoms with Crippen molar-refractivity contribution in [3.8, 4) is 0 Å². The molecule has 3 rings (SSSR count). The summed E-state index contributed by atoms with van der Waals surface area (Å²) in [4.78, 5) is 2.42. The zero-order valence-electron chi connectivity index (χ0n) is 13.5. The van der Waals surface area contributed by atoms with E-state index in [0.29, 0.717) is 0 Å². The summed E-state index contributed by atoms with van der Waals surface area (Å²) in [5.74, 6) is -0.234. The number of piperazine rings is 1. The number of hydrogen-bond donors (Lipinski definition) is 1. The quantitative estimate of drug-likeness (QED) is 0.889. The number of hydrogen-bond acceptors (Lipinski definition) is 3. The van der Waals surface area contributed by atoms with Gasteiger partial charge in [0.25, 0.3) is 0 Å². The van der Waals surface area contributed by atoms with Crippen molar-refractivity contribution in [1.82, 2.24) is 15.3 Å². The first kappa shape index (κ1) is 17.0. The van der Waals surface area contributed by atoms with Crippen LogP contribution >= 0.6 is 11.6 Å². The molecular weight excluding hydrogens is 325 g/mol. The molecule has 0 atom stereocenters. The van der Waals surface area contributed by atoms with Crippen LogP contribution < -0.4 is 5.43 Å². The summed E-state index contributed by atoms with van der Waals surface area (Å²) in [6, 6.07) is 14.4. The van der Waals surface area contributed by atoms with E-state index in [9.17, 15) is 4.39 Å². The highest BCUT2D eigenvalue weighted by Gasteiger charge is 2.17. The summed E-state index contributed by atoms with van der Waals surface area (Å²) in [6.45, 7) is 8.75. The molecule has 0 amide bonds. The number of hydrazine groups is 1. The highest BCUT2D eigenvalue weighted by molar-refractivity contribution is 6.30. The van der Waals surface area contributed by atoms with Gasteiger partial charge in [-0.15, -0.1) is 0 Å². The normalized spacial score (nSPS) is 16.1. The number of nitrogens with one attached hydrogen (secondary N) is 1. The first-order valence-corrected chi connectivity index (χ1v) is 8.41. The van der Waals surface area contributed by atoms with Gasteiger partial charge >= 0.3 is 0 Å². The van der Waals surface area contributed by atoms with Gasteiger partial charge < -0.3 is 5.43 Å². The van der Waals surface area contributed by atoms with Crippen LogP contribution in [0, 0.1) is 5.82 Å². The van der Waals surface area contributed by atoms with Crippen LogP contribution in [-0.4, -0.2) is 36.1 Å². The molecule has 126 valence electrons. The van der Waals surface area contributed by atoms with E-state index >= 15 is 0 Å². The van der Waals surface area contributed by atoms with Gasteiger partial charge in [0, 0.05) is 43.4 Å². The molecule has 0 radical (unpaired) electrons. The van der Waals surface area contributed by atoms with Gasteiger partial charge in [-0.05, 0) is 47.5 Å². The molecule has 5 heteroatoms. The summed E-state index contributed by atoms with van der Waals surface area (Å²) < 4.78 is 13.0. The third-order valence-corrected chi connectivity index (χ3v) is 4.43. The molecule has 0 bridgehead atoms. The Morgan fingerprint density at radius 2 is 1.62 bits per heavy atom. The molecule has 1 heterocycles. The second-order valence-electron chi connectivity index (χ2n) is 5.99. The monoisotopic (exact) mass is 345 g/mol. The molecule has 1 N–H and O–H groups in total. The maximum absolute atomic E-state index is 13.0. The molecule has 0 saturated carbocycles. The average molecular weight is 346 g/mol. The molecule has 0 unspecified atom stereocenters. The van der Waals surface area contributed by atoms with Crippen molar-refractivity contribution in [3.63, 3.8) is 0 Å². The Morgan fingerprint density at radius 1 is 1.00 bits per heavy atom. The van der Waals surface area contributed by atoms with E-state index in [0.717, 1.165) is 49.0 Å². The van der Waals surface area contributed by atoms with Crippen molar-refractivity contribution >= 4 is 17.3 Å². The highest BCUT2D eigenvalue weighted by atomic mass is 35.5. The lowest BCUT2D eigenvalue weighted by atomic mass is 10.2. The van der Waals surface area contributed by atoms with Crippen LogP contribution in [0.15, 0.2) is 55.1 Å². The Balaban J connectivity index is 1.47. The minimum Gasteiger partial charge on any atom is -0.319 e. The van der Waals surface area contributed by atoms with Crippen molar-refractivity contribution in [3.05, 3.63) is 77.1 Å². The summed E-state index contributed by atoms with van der Waals surface area (Å²) in [5, 5.41) is 2.93. The van der Waals surface area contributed by atoms with Crippen LogP contribution in [-0.2, 0) is 6.54 Å². The van der Waals surface area contributed by atoms with Crippen LogP contribution in [0.2, 0.25) is 5.02 Å². The van der Waals surface area contributed by atoms with E-state index in [2.05, 4.69) is 34.0 Å². The number of benzene rings is 2. The second kappa shape index (κ2) is 7.79. The van der Waals surface area contributed by atoms with Crippen molar-refractivity contribution in [1.29, 1.82) is 0 Å². The molecule has 0 aliphatic carbocycles. The predicted molar refractivity (Wildman–Crippen MR) is 96.9 cm³/mol. The second-order valence-corrected chi connectivity index (χ2v) is 6.42. The number of nitrogens with zero attached hydrogens (tertiary/aromatic N) is 2. The summed E-state index contributed by atoms with van der Waals surface area (Å²) in [6.07, 6.45) is 0. The molecule has 2 aromatic carbocycles. The Bertz CT molecular complexity index is 677. The smallest absolute Gasteiger partial charge is 0.123 e. The zero-order valence-corrected chi connectivity index (χ0v) is 14.3. The maximum Gasteiger partial charge on any atom is 0.123 e. The molecule has 0 aromatic heterocycles. The van der Waals surface area contributed by atoms with E-state index in [1.165, 1.54) is 17.7 Å². The lowest BCUT2D eigenvalue weighted by Gasteiger charge is -2.35. The van der Waals surface area contributed by atoms with Crippen LogP contribution in [0.4, 0.5) is 4.39 Å². The third kappa shape index (κ3) is 4.57. The largest absolute Gasteiger partial charge is 0.319 e. The summed E-state index contributed by atoms with van der Waals surface area (Å²) >= 11 is 5.92. The van der Waals surface area contributed by atoms with E-state index in [1.54, 1.807) is 12.1 Å². The van der Waals surface area contributed by atoms with Gasteiger partial charge in [0.15, 0.2) is 0 Å². The molecule has 1 aliphatic heterocycles. The minimum absolute atomic E-state index is 0.234. The fourth-order valence-corrected chi connectivity index (χ4v) is 2.90. The minimum atomic E-state index is -0.234. The molecule has 2 aromatic rings. The third-order valence-electron chi connectivity index (χ3n) is 4.18. The Morgan fingerprint density at radius 3 is 2.25 bits per heavy atom. The van der Waals surface area contributed by atoms with Crippen molar-refractivity contribution < 1.29 is 4.39 Å². The highest BCUT2D eigenvalue weighted by Crippen LogP contribution is 2.14. The molecule has 1 saturated heterocycles. The Hall–Kier alpha value is -1.88. The Kier molecular flexibility index (Phi) is 5.51. The van der Waals surface area contributed by atoms with Crippen molar-refractivity contribution in [2.45, 2.75) is 6.54 Å². The lowest BCUT2D eigenvalue weighted by molar-refractivity contribution is 0.104. The van der Waals surface area contributed by atoms with Crippen LogP contribution in [0.25, 0.3) is 5.70 Å². The maximum atomic E-state index is 13.0. The van der Waals surface area contributed by atoms with Crippen LogP contribution in [0.1, 0.15) is 11.1 Å². The van der Waals surface area contributed by atoms with Gasteiger partial charge in [-0.2, -0.15) is 0 Å². The molecule has 1 aliphatic rings.